The first-order valence-corrected chi connectivity index (χ1v) is 6.09. The highest BCUT2D eigenvalue weighted by molar-refractivity contribution is 5.89. The molecule has 2 rings (SSSR count). The minimum atomic E-state index is -1.75. The van der Waals surface area contributed by atoms with Crippen molar-refractivity contribution in [2.24, 2.45) is 0 Å². The highest BCUT2D eigenvalue weighted by Crippen LogP contribution is 2.35. The molecule has 102 valence electrons. The summed E-state index contributed by atoms with van der Waals surface area (Å²) in [5.41, 5.74) is -1.03. The van der Waals surface area contributed by atoms with Gasteiger partial charge >= 0.3 is 0 Å². The summed E-state index contributed by atoms with van der Waals surface area (Å²) in [4.78, 5) is 22.8. The summed E-state index contributed by atoms with van der Waals surface area (Å²) in [5, 5.41) is 22.8. The number of carbonyl (C=O) groups excluding carboxylic acids is 2. The average Bonchev–Trinajstić information content (AvgIpc) is 2.46. The van der Waals surface area contributed by atoms with Gasteiger partial charge in [0.2, 0.25) is 0 Å². The third-order valence-electron chi connectivity index (χ3n) is 3.29. The van der Waals surface area contributed by atoms with Gasteiger partial charge in [-0.2, -0.15) is 0 Å². The third-order valence-corrected chi connectivity index (χ3v) is 3.29. The van der Waals surface area contributed by atoms with E-state index in [0.717, 1.165) is 0 Å². The molecule has 0 radical (unpaired) electrons. The molecule has 0 amide bonds. The summed E-state index contributed by atoms with van der Waals surface area (Å²) in [6.07, 6.45) is -0.677. The van der Waals surface area contributed by atoms with Gasteiger partial charge in [0.05, 0.1) is 11.4 Å². The first-order valence-electron chi connectivity index (χ1n) is 6.09. The molecule has 0 aromatic heterocycles. The van der Waals surface area contributed by atoms with Crippen molar-refractivity contribution in [2.45, 2.75) is 11.8 Å². The summed E-state index contributed by atoms with van der Waals surface area (Å²) in [6, 6.07) is 16.4. The number of rotatable bonds is 5. The Hall–Kier alpha value is -2.62. The fourth-order valence-corrected chi connectivity index (χ4v) is 2.34. The van der Waals surface area contributed by atoms with Gasteiger partial charge in [-0.25, -0.2) is 0 Å². The van der Waals surface area contributed by atoms with Crippen LogP contribution in [0, 0.1) is 0 Å². The Kier molecular flexibility index (Phi) is 3.84. The Labute approximate surface area is 116 Å². The Morgan fingerprint density at radius 2 is 1.20 bits per heavy atom. The van der Waals surface area contributed by atoms with Crippen molar-refractivity contribution in [1.29, 1.82) is 0 Å². The van der Waals surface area contributed by atoms with Crippen LogP contribution < -0.4 is 10.2 Å². The van der Waals surface area contributed by atoms with Gasteiger partial charge in [-0.3, -0.25) is 0 Å². The molecular weight excluding hydrogens is 256 g/mol. The number of carbonyl (C=O) groups is 2. The number of carboxylic acids is 2. The lowest BCUT2D eigenvalue weighted by Gasteiger charge is -2.36. The highest BCUT2D eigenvalue weighted by atomic mass is 16.4. The quantitative estimate of drug-likeness (QED) is 0.756. The Bertz CT molecular complexity index is 565. The highest BCUT2D eigenvalue weighted by Gasteiger charge is 2.36. The molecule has 2 aromatic rings. The van der Waals surface area contributed by atoms with E-state index in [0.29, 0.717) is 11.1 Å². The minimum Gasteiger partial charge on any atom is -0.550 e. The summed E-state index contributed by atoms with van der Waals surface area (Å²) in [7, 11) is 0. The maximum absolute atomic E-state index is 11.8. The van der Waals surface area contributed by atoms with Crippen molar-refractivity contribution in [3.63, 3.8) is 0 Å². The molecule has 0 fully saturated rings. The number of carboxylic acid groups (broad SMARTS) is 2. The van der Waals surface area contributed by atoms with Crippen LogP contribution in [0.1, 0.15) is 17.5 Å². The van der Waals surface area contributed by atoms with Crippen LogP contribution in [0.5, 0.6) is 0 Å². The fraction of sp³-hybridized carbons (Fsp3) is 0.125. The largest absolute Gasteiger partial charge is 0.550 e. The van der Waals surface area contributed by atoms with Crippen LogP contribution in [-0.4, -0.2) is 11.9 Å². The van der Waals surface area contributed by atoms with Gasteiger partial charge in [0, 0.05) is 12.4 Å². The van der Waals surface area contributed by atoms with Gasteiger partial charge in [-0.05, 0) is 11.1 Å². The molecule has 0 aliphatic carbocycles. The Morgan fingerprint density at radius 1 is 0.800 bits per heavy atom. The smallest absolute Gasteiger partial charge is 0.0649 e. The normalized spacial score (nSPS) is 11.0. The van der Waals surface area contributed by atoms with Crippen molar-refractivity contribution in [3.05, 3.63) is 71.8 Å². The van der Waals surface area contributed by atoms with Crippen molar-refractivity contribution in [1.82, 2.24) is 0 Å². The first kappa shape index (κ1) is 13.8. The summed E-state index contributed by atoms with van der Waals surface area (Å²) in [5.74, 6) is -2.90. The molecule has 0 heterocycles. The topological polar surface area (TPSA) is 80.3 Å². The Balaban J connectivity index is 2.69. The molecule has 0 saturated carbocycles. The van der Waals surface area contributed by atoms with E-state index in [1.54, 1.807) is 60.7 Å². The average molecular weight is 268 g/mol. The lowest BCUT2D eigenvalue weighted by molar-refractivity contribution is -0.321. The number of hydrogen-bond donors (Lipinski definition) is 0. The van der Waals surface area contributed by atoms with Gasteiger partial charge in [0.15, 0.2) is 0 Å². The molecule has 4 nitrogen and oxygen atoms in total. The summed E-state index contributed by atoms with van der Waals surface area (Å²) < 4.78 is 0. The van der Waals surface area contributed by atoms with Gasteiger partial charge in [0.25, 0.3) is 0 Å². The zero-order chi connectivity index (χ0) is 14.6. The van der Waals surface area contributed by atoms with Crippen molar-refractivity contribution in [3.8, 4) is 0 Å². The van der Waals surface area contributed by atoms with Crippen molar-refractivity contribution >= 4 is 11.9 Å². The summed E-state index contributed by atoms with van der Waals surface area (Å²) >= 11 is 0. The zero-order valence-corrected chi connectivity index (χ0v) is 10.6. The van der Waals surface area contributed by atoms with E-state index >= 15 is 0 Å². The second-order valence-corrected chi connectivity index (χ2v) is 4.47. The van der Waals surface area contributed by atoms with E-state index in [-0.39, 0.29) is 0 Å². The molecule has 0 aliphatic rings. The SMILES string of the molecule is O=C([O-])CC(C(=O)[O-])(c1ccccc1)c1ccccc1. The van der Waals surface area contributed by atoms with E-state index in [2.05, 4.69) is 0 Å². The Morgan fingerprint density at radius 3 is 1.50 bits per heavy atom. The van der Waals surface area contributed by atoms with Gasteiger partial charge in [-0.15, -0.1) is 0 Å². The molecule has 0 spiro atoms. The maximum atomic E-state index is 11.8. The van der Waals surface area contributed by atoms with E-state index in [1.807, 2.05) is 0 Å². The minimum absolute atomic E-state index is 0.357. The predicted octanol–water partition coefficient (Wildman–Crippen LogP) is -0.137. The van der Waals surface area contributed by atoms with E-state index < -0.39 is 23.8 Å². The van der Waals surface area contributed by atoms with E-state index in [1.165, 1.54) is 0 Å². The van der Waals surface area contributed by atoms with Crippen LogP contribution in [0.2, 0.25) is 0 Å². The molecule has 20 heavy (non-hydrogen) atoms. The molecule has 0 N–H and O–H groups in total. The molecule has 4 heteroatoms. The number of benzene rings is 2. The van der Waals surface area contributed by atoms with Crippen LogP contribution in [0.4, 0.5) is 0 Å². The molecular formula is C16H12O4-2. The predicted molar refractivity (Wildman–Crippen MR) is 68.3 cm³/mol. The molecule has 0 atom stereocenters. The fourth-order valence-electron chi connectivity index (χ4n) is 2.34. The molecule has 0 aliphatic heterocycles. The third kappa shape index (κ3) is 2.40. The standard InChI is InChI=1S/C16H14O4/c17-14(18)11-16(15(19)20,12-7-3-1-4-8-12)13-9-5-2-6-10-13/h1-10H,11H2,(H,17,18)(H,19,20)/p-2. The summed E-state index contributed by atoms with van der Waals surface area (Å²) in [6.45, 7) is 0. The van der Waals surface area contributed by atoms with Crippen LogP contribution in [0.3, 0.4) is 0 Å². The molecule has 0 unspecified atom stereocenters. The van der Waals surface area contributed by atoms with Gasteiger partial charge in [-0.1, -0.05) is 60.7 Å². The second kappa shape index (κ2) is 5.57. The second-order valence-electron chi connectivity index (χ2n) is 4.47. The van der Waals surface area contributed by atoms with Gasteiger partial charge in [0.1, 0.15) is 0 Å². The van der Waals surface area contributed by atoms with E-state index in [9.17, 15) is 19.8 Å². The van der Waals surface area contributed by atoms with Crippen LogP contribution >= 0.6 is 0 Å². The zero-order valence-electron chi connectivity index (χ0n) is 10.6. The van der Waals surface area contributed by atoms with Gasteiger partial charge < -0.3 is 19.8 Å². The molecule has 0 saturated heterocycles. The van der Waals surface area contributed by atoms with Crippen molar-refractivity contribution in [2.75, 3.05) is 0 Å². The monoisotopic (exact) mass is 268 g/mol. The van der Waals surface area contributed by atoms with Crippen molar-refractivity contribution < 1.29 is 19.8 Å². The lowest BCUT2D eigenvalue weighted by atomic mass is 9.72. The lowest BCUT2D eigenvalue weighted by Crippen LogP contribution is -2.50. The molecule has 2 aromatic carbocycles. The van der Waals surface area contributed by atoms with Crippen LogP contribution in [-0.2, 0) is 15.0 Å². The first-order chi connectivity index (χ1) is 9.57. The van der Waals surface area contributed by atoms with Crippen LogP contribution in [0.25, 0.3) is 0 Å². The maximum Gasteiger partial charge on any atom is 0.0649 e. The number of aliphatic carboxylic acids is 2. The van der Waals surface area contributed by atoms with Crippen LogP contribution in [0.15, 0.2) is 60.7 Å². The number of hydrogen-bond acceptors (Lipinski definition) is 4. The van der Waals surface area contributed by atoms with E-state index in [4.69, 9.17) is 0 Å². The molecule has 0 bridgehead atoms.